The number of carbonyl (C=O) groups excluding carboxylic acids is 1. The van der Waals surface area contributed by atoms with Crippen molar-refractivity contribution >= 4 is 50.3 Å². The van der Waals surface area contributed by atoms with Crippen LogP contribution in [0.15, 0.2) is 94.4 Å². The second-order valence-corrected chi connectivity index (χ2v) is 7.55. The van der Waals surface area contributed by atoms with E-state index in [4.69, 9.17) is 4.74 Å². The summed E-state index contributed by atoms with van der Waals surface area (Å²) in [6, 6.07) is 24.3. The van der Waals surface area contributed by atoms with E-state index in [0.717, 1.165) is 15.2 Å². The van der Waals surface area contributed by atoms with Gasteiger partial charge in [-0.2, -0.15) is 0 Å². The fraction of sp³-hybridized carbons (Fsp3) is 0. The number of benzene rings is 4. The predicted molar refractivity (Wildman–Crippen MR) is 123 cm³/mol. The highest BCUT2D eigenvalue weighted by Crippen LogP contribution is 2.29. The minimum atomic E-state index is -0.656. The zero-order valence-corrected chi connectivity index (χ0v) is 17.7. The molecule has 0 heterocycles. The van der Waals surface area contributed by atoms with Crippen LogP contribution in [0.1, 0.15) is 15.9 Å². The molecule has 152 valence electrons. The lowest BCUT2D eigenvalue weighted by atomic mass is 10.0. The average molecular weight is 475 g/mol. The maximum Gasteiger partial charge on any atom is 0.344 e. The summed E-state index contributed by atoms with van der Waals surface area (Å²) in [5.41, 5.74) is 1.25. The van der Waals surface area contributed by atoms with Gasteiger partial charge in [0.15, 0.2) is 0 Å². The smallest absolute Gasteiger partial charge is 0.344 e. The largest absolute Gasteiger partial charge is 0.416 e. The lowest BCUT2D eigenvalue weighted by Gasteiger charge is -2.08. The molecule has 31 heavy (non-hydrogen) atoms. The highest BCUT2D eigenvalue weighted by molar-refractivity contribution is 9.10. The van der Waals surface area contributed by atoms with E-state index >= 15 is 0 Å². The standard InChI is InChI=1S/C24H15BrN2O4/c25-18-9-11-19(12-10-18)26-15-16-8-13-23(22(14-16)27(29)30)31-24(28)21-7-3-5-17-4-1-2-6-20(17)21/h1-15H. The SMILES string of the molecule is O=C(Oc1ccc(C=Nc2ccc(Br)cc2)cc1[N+](=O)[O-])c1cccc2ccccc12. The monoisotopic (exact) mass is 474 g/mol. The van der Waals surface area contributed by atoms with Gasteiger partial charge in [0, 0.05) is 16.8 Å². The Hall–Kier alpha value is -3.84. The highest BCUT2D eigenvalue weighted by Gasteiger charge is 2.20. The van der Waals surface area contributed by atoms with Gasteiger partial charge in [0.05, 0.1) is 16.2 Å². The summed E-state index contributed by atoms with van der Waals surface area (Å²) in [5.74, 6) is -0.778. The second kappa shape index (κ2) is 8.89. The zero-order chi connectivity index (χ0) is 21.8. The third kappa shape index (κ3) is 4.67. The fourth-order valence-corrected chi connectivity index (χ4v) is 3.34. The Balaban J connectivity index is 1.61. The molecule has 0 aromatic heterocycles. The summed E-state index contributed by atoms with van der Waals surface area (Å²) >= 11 is 3.36. The van der Waals surface area contributed by atoms with Gasteiger partial charge in [-0.15, -0.1) is 0 Å². The first-order valence-electron chi connectivity index (χ1n) is 9.29. The number of esters is 1. The van der Waals surface area contributed by atoms with Gasteiger partial charge < -0.3 is 4.74 Å². The number of ether oxygens (including phenoxy) is 1. The number of nitro benzene ring substituents is 1. The number of rotatable bonds is 5. The molecule has 0 bridgehead atoms. The van der Waals surface area contributed by atoms with Crippen LogP contribution in [0.5, 0.6) is 5.75 Å². The molecule has 4 aromatic carbocycles. The van der Waals surface area contributed by atoms with Gasteiger partial charge in [0.25, 0.3) is 0 Å². The Morgan fingerprint density at radius 2 is 1.71 bits per heavy atom. The van der Waals surface area contributed by atoms with E-state index in [-0.39, 0.29) is 11.4 Å². The van der Waals surface area contributed by atoms with E-state index in [9.17, 15) is 14.9 Å². The highest BCUT2D eigenvalue weighted by atomic mass is 79.9. The van der Waals surface area contributed by atoms with Crippen LogP contribution in [-0.2, 0) is 0 Å². The quantitative estimate of drug-likeness (QED) is 0.109. The average Bonchev–Trinajstić information content (AvgIpc) is 2.78. The van der Waals surface area contributed by atoms with Crippen LogP contribution < -0.4 is 4.74 Å². The van der Waals surface area contributed by atoms with Crippen LogP contribution in [0, 0.1) is 10.1 Å². The molecule has 0 aliphatic heterocycles. The summed E-state index contributed by atoms with van der Waals surface area (Å²) in [6.07, 6.45) is 1.52. The molecule has 0 atom stereocenters. The van der Waals surface area contributed by atoms with Crippen LogP contribution in [0.4, 0.5) is 11.4 Å². The van der Waals surface area contributed by atoms with E-state index in [1.165, 1.54) is 18.3 Å². The predicted octanol–water partition coefficient (Wildman–Crippen LogP) is 6.48. The summed E-state index contributed by atoms with van der Waals surface area (Å²) in [6.45, 7) is 0. The molecule has 0 N–H and O–H groups in total. The van der Waals surface area contributed by atoms with Crippen molar-refractivity contribution < 1.29 is 14.5 Å². The lowest BCUT2D eigenvalue weighted by Crippen LogP contribution is -2.10. The molecule has 4 aromatic rings. The number of fused-ring (bicyclic) bond motifs is 1. The minimum Gasteiger partial charge on any atom is -0.416 e. The van der Waals surface area contributed by atoms with Crippen molar-refractivity contribution in [2.24, 2.45) is 4.99 Å². The van der Waals surface area contributed by atoms with Gasteiger partial charge >= 0.3 is 11.7 Å². The molecule has 6 nitrogen and oxygen atoms in total. The van der Waals surface area contributed by atoms with E-state index in [1.807, 2.05) is 54.6 Å². The van der Waals surface area contributed by atoms with Crippen molar-refractivity contribution in [1.29, 1.82) is 0 Å². The Morgan fingerprint density at radius 3 is 2.48 bits per heavy atom. The number of carbonyl (C=O) groups is 1. The maximum absolute atomic E-state index is 12.8. The number of halogens is 1. The van der Waals surface area contributed by atoms with E-state index < -0.39 is 10.9 Å². The Kier molecular flexibility index (Phi) is 5.86. The van der Waals surface area contributed by atoms with Crippen molar-refractivity contribution in [3.05, 3.63) is 111 Å². The fourth-order valence-electron chi connectivity index (χ4n) is 3.08. The number of hydrogen-bond donors (Lipinski definition) is 0. The third-order valence-corrected chi connectivity index (χ3v) is 5.11. The van der Waals surface area contributed by atoms with Crippen molar-refractivity contribution in [2.45, 2.75) is 0 Å². The molecule has 0 saturated carbocycles. The Morgan fingerprint density at radius 1 is 0.968 bits per heavy atom. The first-order chi connectivity index (χ1) is 15.0. The van der Waals surface area contributed by atoms with Gasteiger partial charge in [-0.05, 0) is 58.8 Å². The molecule has 0 saturated heterocycles. The van der Waals surface area contributed by atoms with E-state index in [0.29, 0.717) is 16.8 Å². The van der Waals surface area contributed by atoms with Crippen molar-refractivity contribution in [3.63, 3.8) is 0 Å². The first-order valence-corrected chi connectivity index (χ1v) is 10.1. The topological polar surface area (TPSA) is 81.8 Å². The van der Waals surface area contributed by atoms with Crippen LogP contribution in [0.25, 0.3) is 10.8 Å². The van der Waals surface area contributed by atoms with Crippen molar-refractivity contribution in [2.75, 3.05) is 0 Å². The summed E-state index contributed by atoms with van der Waals surface area (Å²) < 4.78 is 6.33. The third-order valence-electron chi connectivity index (χ3n) is 4.58. The van der Waals surface area contributed by atoms with Crippen LogP contribution in [-0.4, -0.2) is 17.1 Å². The molecule has 0 fully saturated rings. The van der Waals surface area contributed by atoms with Crippen LogP contribution in [0.2, 0.25) is 0 Å². The summed E-state index contributed by atoms with van der Waals surface area (Å²) in [7, 11) is 0. The van der Waals surface area contributed by atoms with Gasteiger partial charge in [0.1, 0.15) is 0 Å². The maximum atomic E-state index is 12.8. The molecular weight excluding hydrogens is 460 g/mol. The Bertz CT molecular complexity index is 1310. The molecule has 0 amide bonds. The van der Waals surface area contributed by atoms with Gasteiger partial charge in [-0.25, -0.2) is 4.79 Å². The van der Waals surface area contributed by atoms with Gasteiger partial charge in [0.2, 0.25) is 5.75 Å². The molecule has 0 radical (unpaired) electrons. The first kappa shape index (κ1) is 20.4. The molecule has 7 heteroatoms. The normalized spacial score (nSPS) is 11.0. The number of aliphatic imine (C=N–C) groups is 1. The minimum absolute atomic E-state index is 0.122. The second-order valence-electron chi connectivity index (χ2n) is 6.64. The summed E-state index contributed by atoms with van der Waals surface area (Å²) in [5, 5.41) is 13.2. The molecular formula is C24H15BrN2O4. The van der Waals surface area contributed by atoms with Gasteiger partial charge in [-0.3, -0.25) is 15.1 Å². The zero-order valence-electron chi connectivity index (χ0n) is 16.1. The van der Waals surface area contributed by atoms with Crippen LogP contribution in [0.3, 0.4) is 0 Å². The van der Waals surface area contributed by atoms with Gasteiger partial charge in [-0.1, -0.05) is 52.3 Å². The number of hydrogen-bond acceptors (Lipinski definition) is 5. The van der Waals surface area contributed by atoms with Crippen molar-refractivity contribution in [3.8, 4) is 5.75 Å². The van der Waals surface area contributed by atoms with Crippen molar-refractivity contribution in [1.82, 2.24) is 0 Å². The van der Waals surface area contributed by atoms with E-state index in [2.05, 4.69) is 20.9 Å². The Labute approximate surface area is 186 Å². The molecule has 0 unspecified atom stereocenters. The summed E-state index contributed by atoms with van der Waals surface area (Å²) in [4.78, 5) is 28.1. The molecule has 0 aliphatic carbocycles. The van der Waals surface area contributed by atoms with E-state index in [1.54, 1.807) is 18.2 Å². The van der Waals surface area contributed by atoms with Crippen LogP contribution >= 0.6 is 15.9 Å². The number of nitro groups is 1. The molecule has 0 aliphatic rings. The molecule has 0 spiro atoms. The molecule has 4 rings (SSSR count). The number of nitrogens with zero attached hydrogens (tertiary/aromatic N) is 2. The lowest BCUT2D eigenvalue weighted by molar-refractivity contribution is -0.385.